The van der Waals surface area contributed by atoms with Crippen LogP contribution < -0.4 is 9.37 Å². The van der Waals surface area contributed by atoms with Crippen LogP contribution in [0.15, 0.2) is 53.5 Å². The number of nitrogens with zero attached hydrogens (tertiary/aromatic N) is 1. The molecule has 2 aromatic rings. The highest BCUT2D eigenvalue weighted by molar-refractivity contribution is 7.88. The maximum atomic E-state index is 12.2. The monoisotopic (exact) mass is 471 g/mol. The van der Waals surface area contributed by atoms with Gasteiger partial charge in [-0.1, -0.05) is 82.9 Å². The first-order valence-corrected chi connectivity index (χ1v) is 14.7. The molecule has 31 heavy (non-hydrogen) atoms. The van der Waals surface area contributed by atoms with Crippen LogP contribution in [0.5, 0.6) is 5.75 Å². The molecule has 170 valence electrons. The van der Waals surface area contributed by atoms with Crippen molar-refractivity contribution < 1.29 is 25.8 Å². The summed E-state index contributed by atoms with van der Waals surface area (Å²) in [6.45, 7) is 13.2. The predicted molar refractivity (Wildman–Crippen MR) is 121 cm³/mol. The van der Waals surface area contributed by atoms with Gasteiger partial charge in [0.25, 0.3) is 0 Å². The fourth-order valence-corrected chi connectivity index (χ4v) is 5.12. The lowest BCUT2D eigenvalue weighted by Crippen LogP contribution is -2.40. The molecule has 2 aromatic carbocycles. The Balaban J connectivity index is 0.000000231. The molecular formula is C22H28F3NO3SSi. The Morgan fingerprint density at radius 3 is 2.03 bits per heavy atom. The summed E-state index contributed by atoms with van der Waals surface area (Å²) in [6, 6.07) is 14.4. The number of aliphatic imine (C=N–C) groups is 1. The third-order valence-electron chi connectivity index (χ3n) is 4.57. The summed E-state index contributed by atoms with van der Waals surface area (Å²) in [5.74, 6) is -0.242. The molecule has 0 atom stereocenters. The molecule has 0 spiro atoms. The lowest BCUT2D eigenvalue weighted by molar-refractivity contribution is -0.0499. The highest BCUT2D eigenvalue weighted by Gasteiger charge is 2.49. The average Bonchev–Trinajstić information content (AvgIpc) is 3.05. The van der Waals surface area contributed by atoms with E-state index >= 15 is 0 Å². The zero-order valence-electron chi connectivity index (χ0n) is 18.5. The molecule has 4 nitrogen and oxygen atoms in total. The summed E-state index contributed by atoms with van der Waals surface area (Å²) in [4.78, 5) is 4.59. The van der Waals surface area contributed by atoms with Crippen LogP contribution in [-0.2, 0) is 16.7 Å². The van der Waals surface area contributed by atoms with E-state index in [4.69, 9.17) is 0 Å². The van der Waals surface area contributed by atoms with Gasteiger partial charge >= 0.3 is 15.6 Å². The number of halogens is 3. The van der Waals surface area contributed by atoms with Gasteiger partial charge in [-0.3, -0.25) is 4.99 Å². The van der Waals surface area contributed by atoms with Gasteiger partial charge in [0.05, 0.1) is 14.6 Å². The second-order valence-electron chi connectivity index (χ2n) is 9.30. The number of fused-ring (bicyclic) bond motifs is 1. The minimum absolute atomic E-state index is 0.173. The number of hydrogen-bond acceptors (Lipinski definition) is 4. The smallest absolute Gasteiger partial charge is 0.376 e. The molecule has 0 saturated carbocycles. The van der Waals surface area contributed by atoms with Crippen molar-refractivity contribution in [2.24, 2.45) is 10.4 Å². The maximum absolute atomic E-state index is 12.2. The zero-order valence-corrected chi connectivity index (χ0v) is 20.4. The van der Waals surface area contributed by atoms with E-state index in [1.54, 1.807) is 12.1 Å². The number of alkyl halides is 3. The van der Waals surface area contributed by atoms with Gasteiger partial charge in [0.2, 0.25) is 0 Å². The molecule has 0 aliphatic carbocycles. The lowest BCUT2D eigenvalue weighted by Gasteiger charge is -2.20. The van der Waals surface area contributed by atoms with Gasteiger partial charge in [-0.25, -0.2) is 0 Å². The quantitative estimate of drug-likeness (QED) is 0.338. The van der Waals surface area contributed by atoms with Gasteiger partial charge in [-0.2, -0.15) is 21.6 Å². The molecule has 1 aliphatic heterocycles. The Hall–Kier alpha value is -2.13. The normalized spacial score (nSPS) is 14.3. The van der Waals surface area contributed by atoms with Gasteiger partial charge in [-0.05, 0) is 16.8 Å². The van der Waals surface area contributed by atoms with Crippen LogP contribution in [0, 0.1) is 5.41 Å². The van der Waals surface area contributed by atoms with Gasteiger partial charge in [-0.15, -0.1) is 0 Å². The number of para-hydroxylation sites is 1. The van der Waals surface area contributed by atoms with Gasteiger partial charge < -0.3 is 4.18 Å². The van der Waals surface area contributed by atoms with Crippen molar-refractivity contribution in [1.82, 2.24) is 0 Å². The molecule has 0 saturated heterocycles. The lowest BCUT2D eigenvalue weighted by atomic mass is 9.85. The highest BCUT2D eigenvalue weighted by atomic mass is 32.2. The average molecular weight is 472 g/mol. The van der Waals surface area contributed by atoms with Crippen molar-refractivity contribution in [1.29, 1.82) is 0 Å². The van der Waals surface area contributed by atoms with E-state index in [0.29, 0.717) is 5.19 Å². The van der Waals surface area contributed by atoms with Crippen LogP contribution in [0.25, 0.3) is 0 Å². The second kappa shape index (κ2) is 8.78. The third kappa shape index (κ3) is 6.19. The topological polar surface area (TPSA) is 55.7 Å². The molecular weight excluding hydrogens is 443 g/mol. The van der Waals surface area contributed by atoms with E-state index in [1.165, 1.54) is 29.0 Å². The van der Waals surface area contributed by atoms with Crippen LogP contribution in [0.1, 0.15) is 31.9 Å². The fraction of sp³-hybridized carbons (Fsp3) is 0.409. The van der Waals surface area contributed by atoms with E-state index in [1.807, 2.05) is 19.6 Å². The highest BCUT2D eigenvalue weighted by Crippen LogP contribution is 2.29. The van der Waals surface area contributed by atoms with E-state index < -0.39 is 23.7 Å². The summed E-state index contributed by atoms with van der Waals surface area (Å²) < 4.78 is 62.9. The summed E-state index contributed by atoms with van der Waals surface area (Å²) in [5.41, 5.74) is -1.28. The van der Waals surface area contributed by atoms with E-state index in [-0.39, 0.29) is 11.2 Å². The van der Waals surface area contributed by atoms with Crippen LogP contribution in [0.3, 0.4) is 0 Å². The molecule has 0 amide bonds. The first kappa shape index (κ1) is 25.1. The summed E-state index contributed by atoms with van der Waals surface area (Å²) in [7, 11) is -7.60. The molecule has 0 aromatic heterocycles. The molecule has 0 unspecified atom stereocenters. The van der Waals surface area contributed by atoms with Crippen molar-refractivity contribution >= 4 is 29.1 Å². The minimum Gasteiger partial charge on any atom is -0.376 e. The van der Waals surface area contributed by atoms with Gasteiger partial charge in [0.1, 0.15) is 5.75 Å². The number of benzene rings is 2. The van der Waals surface area contributed by atoms with Gasteiger partial charge in [0, 0.05) is 16.7 Å². The summed E-state index contributed by atoms with van der Waals surface area (Å²) in [5, 5.41) is 0.526. The predicted octanol–water partition coefficient (Wildman–Crippen LogP) is 5.50. The van der Waals surface area contributed by atoms with Crippen LogP contribution in [0.2, 0.25) is 19.6 Å². The SMILES string of the molecule is CC(C)(C)C1=NCc2ccccc21.C[Si](C)(C)c1ccccc1OS(=O)(=O)C(F)(F)F. The Morgan fingerprint density at radius 1 is 0.935 bits per heavy atom. The maximum Gasteiger partial charge on any atom is 0.534 e. The van der Waals surface area contributed by atoms with Crippen LogP contribution in [0.4, 0.5) is 13.2 Å². The van der Waals surface area contributed by atoms with Crippen LogP contribution >= 0.6 is 0 Å². The zero-order chi connectivity index (χ0) is 23.7. The Bertz CT molecular complexity index is 1070. The van der Waals surface area contributed by atoms with Crippen molar-refractivity contribution in [3.63, 3.8) is 0 Å². The fourth-order valence-electron chi connectivity index (χ4n) is 3.10. The van der Waals surface area contributed by atoms with Crippen molar-refractivity contribution in [2.45, 2.75) is 52.5 Å². The Kier molecular flexibility index (Phi) is 7.12. The molecule has 0 fully saturated rings. The van der Waals surface area contributed by atoms with Crippen molar-refractivity contribution in [3.05, 3.63) is 59.7 Å². The first-order valence-electron chi connectivity index (χ1n) is 9.77. The first-order chi connectivity index (χ1) is 14.0. The molecule has 1 aliphatic rings. The summed E-state index contributed by atoms with van der Waals surface area (Å²) >= 11 is 0. The number of rotatable bonds is 3. The number of hydrogen-bond donors (Lipinski definition) is 0. The molecule has 0 N–H and O–H groups in total. The third-order valence-corrected chi connectivity index (χ3v) is 7.56. The van der Waals surface area contributed by atoms with Crippen molar-refractivity contribution in [3.8, 4) is 5.75 Å². The van der Waals surface area contributed by atoms with Gasteiger partial charge in [0.15, 0.2) is 0 Å². The van der Waals surface area contributed by atoms with E-state index in [2.05, 4.69) is 54.2 Å². The van der Waals surface area contributed by atoms with Crippen molar-refractivity contribution in [2.75, 3.05) is 0 Å². The molecule has 9 heteroatoms. The minimum atomic E-state index is -5.61. The molecule has 1 heterocycles. The second-order valence-corrected chi connectivity index (χ2v) is 15.9. The van der Waals surface area contributed by atoms with E-state index in [9.17, 15) is 21.6 Å². The van der Waals surface area contributed by atoms with E-state index in [0.717, 1.165) is 6.54 Å². The Morgan fingerprint density at radius 2 is 1.48 bits per heavy atom. The molecule has 0 bridgehead atoms. The van der Waals surface area contributed by atoms with Crippen LogP contribution in [-0.4, -0.2) is 27.7 Å². The standard InChI is InChI=1S/C12H15N.C10H13F3O3SSi/c1-12(2,3)11-10-7-5-4-6-9(10)8-13-11;1-18(2,3)9-7-5-4-6-8(9)16-17(14,15)10(11,12)13/h4-7H,8H2,1-3H3;4-7H,1-3H3. The molecule has 0 radical (unpaired) electrons. The Labute approximate surface area is 183 Å². The largest absolute Gasteiger partial charge is 0.534 e. The molecule has 3 rings (SSSR count). The summed E-state index contributed by atoms with van der Waals surface area (Å²) in [6.07, 6.45) is 0.